The number of hydrogen-bond acceptors (Lipinski definition) is 9. The van der Waals surface area contributed by atoms with Crippen molar-refractivity contribution in [3.63, 3.8) is 0 Å². The molecule has 2 unspecified atom stereocenters. The molecule has 9 nitrogen and oxygen atoms in total. The van der Waals surface area contributed by atoms with Gasteiger partial charge < -0.3 is 28.8 Å². The van der Waals surface area contributed by atoms with E-state index in [9.17, 15) is 19.5 Å². The Morgan fingerprint density at radius 2 is 1.75 bits per heavy atom. The highest BCUT2D eigenvalue weighted by Gasteiger charge is 2.83. The Kier molecular flexibility index (Phi) is 6.37. The van der Waals surface area contributed by atoms with Crippen molar-refractivity contribution in [2.24, 2.45) is 16.7 Å². The minimum absolute atomic E-state index is 0.00000344. The van der Waals surface area contributed by atoms with Crippen LogP contribution in [0.4, 0.5) is 0 Å². The number of carbonyl (C=O) groups is 3. The Morgan fingerprint density at radius 3 is 2.47 bits per heavy atom. The van der Waals surface area contributed by atoms with Gasteiger partial charge in [-0.05, 0) is 32.1 Å². The number of cyclic esters (lactones) is 2. The number of epoxide rings is 1. The normalized spacial score (nSPS) is 46.8. The molecule has 0 radical (unpaired) electrons. The summed E-state index contributed by atoms with van der Waals surface area (Å²) in [6.07, 6.45) is 7.11. The average molecular weight is 503 g/mol. The molecular weight excluding hydrogens is 468 g/mol. The van der Waals surface area contributed by atoms with E-state index in [4.69, 9.17) is 23.7 Å². The van der Waals surface area contributed by atoms with Gasteiger partial charge in [-0.15, -0.1) is 0 Å². The first kappa shape index (κ1) is 25.2. The number of carbonyl (C=O) groups excluding carboxylic acids is 3. The lowest BCUT2D eigenvalue weighted by Gasteiger charge is -2.58. The number of allylic oxidation sites excluding steroid dienone is 3. The maximum atomic E-state index is 12.9. The van der Waals surface area contributed by atoms with E-state index in [-0.39, 0.29) is 31.8 Å². The molecule has 196 valence electrons. The fraction of sp³-hybridized carbons (Fsp3) is 0.667. The second-order valence-electron chi connectivity index (χ2n) is 11.0. The van der Waals surface area contributed by atoms with E-state index in [0.29, 0.717) is 19.4 Å². The third kappa shape index (κ3) is 3.83. The van der Waals surface area contributed by atoms with Gasteiger partial charge in [0.1, 0.15) is 18.3 Å². The molecule has 0 amide bonds. The van der Waals surface area contributed by atoms with Crippen molar-refractivity contribution in [2.45, 2.75) is 76.5 Å². The Bertz CT molecular complexity index is 1020. The monoisotopic (exact) mass is 502 g/mol. The summed E-state index contributed by atoms with van der Waals surface area (Å²) < 4.78 is 29.6. The van der Waals surface area contributed by atoms with Crippen LogP contribution in [0, 0.1) is 16.7 Å². The average Bonchev–Trinajstić information content (AvgIpc) is 3.62. The van der Waals surface area contributed by atoms with Gasteiger partial charge in [0, 0.05) is 24.0 Å². The largest absolute Gasteiger partial charge is 0.463 e. The molecule has 3 fully saturated rings. The third-order valence-electron chi connectivity index (χ3n) is 9.12. The van der Waals surface area contributed by atoms with E-state index < -0.39 is 52.5 Å². The molecule has 1 saturated carbocycles. The molecule has 1 N–H and O–H groups in total. The van der Waals surface area contributed by atoms with Crippen LogP contribution in [0.15, 0.2) is 36.0 Å². The van der Waals surface area contributed by atoms with Crippen LogP contribution < -0.4 is 0 Å². The summed E-state index contributed by atoms with van der Waals surface area (Å²) in [4.78, 5) is 37.6. The van der Waals surface area contributed by atoms with Gasteiger partial charge >= 0.3 is 17.9 Å². The number of rotatable bonds is 0. The second kappa shape index (κ2) is 9.11. The van der Waals surface area contributed by atoms with Crippen molar-refractivity contribution in [3.05, 3.63) is 36.0 Å². The molecule has 36 heavy (non-hydrogen) atoms. The number of hydrogen-bond donors (Lipinski definition) is 1. The standard InChI is InChI=1S/C27H34O9/c1-16-8-10-26-14-33-24(31)23(30)17(2)9-11-32-21(28)6-4-5-7-22(29)36-18-13-20(35-19(26)12-16)27(15-34-27)25(18,26)3/h4-7,12,17-20,23,30H,8-11,13-15H2,1-3H3/b6-4-,7-5-/t17-,18-,19?,20+,23+,25-,26?,27+/m1/s1. The van der Waals surface area contributed by atoms with Crippen LogP contribution in [0.5, 0.6) is 0 Å². The smallest absolute Gasteiger partial charge is 0.335 e. The number of ether oxygens (including phenoxy) is 5. The van der Waals surface area contributed by atoms with E-state index in [0.717, 1.165) is 6.42 Å². The molecule has 2 spiro atoms. The molecule has 2 aliphatic carbocycles. The lowest BCUT2D eigenvalue weighted by Crippen LogP contribution is -2.66. The summed E-state index contributed by atoms with van der Waals surface area (Å²) in [5, 5.41) is 10.6. The lowest BCUT2D eigenvalue weighted by atomic mass is 9.51. The van der Waals surface area contributed by atoms with Crippen molar-refractivity contribution >= 4 is 17.9 Å². The number of esters is 3. The molecule has 9 heteroatoms. The summed E-state index contributed by atoms with van der Waals surface area (Å²) in [7, 11) is 0. The van der Waals surface area contributed by atoms with Crippen molar-refractivity contribution < 1.29 is 43.2 Å². The Morgan fingerprint density at radius 1 is 1.03 bits per heavy atom. The van der Waals surface area contributed by atoms with Crippen LogP contribution in [0.25, 0.3) is 0 Å². The van der Waals surface area contributed by atoms with Gasteiger partial charge in [0.2, 0.25) is 0 Å². The molecule has 0 aromatic heterocycles. The minimum Gasteiger partial charge on any atom is -0.463 e. The maximum Gasteiger partial charge on any atom is 0.335 e. The van der Waals surface area contributed by atoms with Gasteiger partial charge in [-0.1, -0.05) is 37.6 Å². The molecule has 0 aromatic rings. The van der Waals surface area contributed by atoms with E-state index in [1.165, 1.54) is 29.9 Å². The highest BCUT2D eigenvalue weighted by Crippen LogP contribution is 2.72. The summed E-state index contributed by atoms with van der Waals surface area (Å²) in [6, 6.07) is 0. The van der Waals surface area contributed by atoms with E-state index >= 15 is 0 Å². The SMILES string of the molecule is CC1=CC2O[C@H]3C[C@H]4OC(=O)/C=C\C=C/C(=O)OCC[C@@H](C)[C@H](O)C(=O)OCC2(CC1)[C@]4(C)[C@]31CO1. The number of aliphatic hydroxyl groups is 1. The van der Waals surface area contributed by atoms with Crippen molar-refractivity contribution in [1.82, 2.24) is 0 Å². The molecular formula is C27H34O9. The molecule has 5 rings (SSSR count). The highest BCUT2D eigenvalue weighted by molar-refractivity contribution is 5.84. The predicted molar refractivity (Wildman–Crippen MR) is 125 cm³/mol. The maximum absolute atomic E-state index is 12.9. The van der Waals surface area contributed by atoms with Gasteiger partial charge in [0.25, 0.3) is 0 Å². The van der Waals surface area contributed by atoms with Gasteiger partial charge in [0.15, 0.2) is 6.10 Å². The zero-order valence-electron chi connectivity index (χ0n) is 20.9. The van der Waals surface area contributed by atoms with Crippen LogP contribution in [-0.2, 0) is 38.1 Å². The van der Waals surface area contributed by atoms with E-state index in [2.05, 4.69) is 19.9 Å². The number of aliphatic hydroxyl groups excluding tert-OH is 1. The fourth-order valence-corrected chi connectivity index (χ4v) is 6.65. The van der Waals surface area contributed by atoms with Gasteiger partial charge in [-0.3, -0.25) is 0 Å². The molecule has 2 bridgehead atoms. The quantitative estimate of drug-likeness (QED) is 0.230. The van der Waals surface area contributed by atoms with Crippen LogP contribution >= 0.6 is 0 Å². The summed E-state index contributed by atoms with van der Waals surface area (Å²) in [5.41, 5.74) is -0.820. The predicted octanol–water partition coefficient (Wildman–Crippen LogP) is 2.17. The van der Waals surface area contributed by atoms with Crippen LogP contribution in [0.1, 0.15) is 46.5 Å². The summed E-state index contributed by atoms with van der Waals surface area (Å²) in [5.74, 6) is -2.34. The van der Waals surface area contributed by atoms with Gasteiger partial charge in [-0.25, -0.2) is 14.4 Å². The third-order valence-corrected chi connectivity index (χ3v) is 9.12. The second-order valence-corrected chi connectivity index (χ2v) is 11.0. The van der Waals surface area contributed by atoms with E-state index in [1.54, 1.807) is 6.92 Å². The Labute approximate surface area is 210 Å². The first-order chi connectivity index (χ1) is 17.1. The highest BCUT2D eigenvalue weighted by atomic mass is 16.6. The van der Waals surface area contributed by atoms with Crippen LogP contribution in [0.3, 0.4) is 0 Å². The molecule has 3 aliphatic heterocycles. The first-order valence-corrected chi connectivity index (χ1v) is 12.7. The van der Waals surface area contributed by atoms with Crippen LogP contribution in [0.2, 0.25) is 0 Å². The zero-order chi connectivity index (χ0) is 25.7. The molecule has 3 heterocycles. The zero-order valence-corrected chi connectivity index (χ0v) is 20.9. The lowest BCUT2D eigenvalue weighted by molar-refractivity contribution is -0.234. The summed E-state index contributed by atoms with van der Waals surface area (Å²) >= 11 is 0. The fourth-order valence-electron chi connectivity index (χ4n) is 6.65. The molecule has 0 aromatic carbocycles. The van der Waals surface area contributed by atoms with Crippen molar-refractivity contribution in [3.8, 4) is 0 Å². The van der Waals surface area contributed by atoms with Gasteiger partial charge in [0.05, 0.1) is 30.8 Å². The Balaban J connectivity index is 1.52. The first-order valence-electron chi connectivity index (χ1n) is 12.7. The van der Waals surface area contributed by atoms with Crippen molar-refractivity contribution in [1.29, 1.82) is 0 Å². The van der Waals surface area contributed by atoms with Crippen LogP contribution in [-0.4, -0.2) is 72.9 Å². The molecule has 5 aliphatic rings. The molecule has 8 atom stereocenters. The molecule has 2 saturated heterocycles. The van der Waals surface area contributed by atoms with Gasteiger partial charge in [-0.2, -0.15) is 0 Å². The summed E-state index contributed by atoms with van der Waals surface area (Å²) in [6.45, 7) is 6.34. The minimum atomic E-state index is -1.37. The van der Waals surface area contributed by atoms with E-state index in [1.807, 2.05) is 0 Å². The van der Waals surface area contributed by atoms with Crippen molar-refractivity contribution in [2.75, 3.05) is 19.8 Å². The topological polar surface area (TPSA) is 121 Å². The Hall–Kier alpha value is -2.49.